The maximum atomic E-state index is 5.93. The number of methoxy groups -OCH3 is 1. The number of halogens is 1. The van der Waals surface area contributed by atoms with Crippen molar-refractivity contribution in [3.63, 3.8) is 0 Å². The van der Waals surface area contributed by atoms with Gasteiger partial charge in [-0.3, -0.25) is 4.99 Å². The molecule has 0 saturated carbocycles. The van der Waals surface area contributed by atoms with E-state index in [2.05, 4.69) is 15.6 Å². The van der Waals surface area contributed by atoms with Gasteiger partial charge in [0, 0.05) is 32.3 Å². The molecule has 1 rings (SSSR count). The molecule has 0 bridgehead atoms. The lowest BCUT2D eigenvalue weighted by atomic mass is 10.3. The maximum Gasteiger partial charge on any atom is 0.191 e. The summed E-state index contributed by atoms with van der Waals surface area (Å²) >= 11 is 5.93. The summed E-state index contributed by atoms with van der Waals surface area (Å²) < 4.78 is 10.8. The summed E-state index contributed by atoms with van der Waals surface area (Å²) in [5.74, 6) is 1.52. The van der Waals surface area contributed by atoms with E-state index in [9.17, 15) is 0 Å². The van der Waals surface area contributed by atoms with Gasteiger partial charge in [0.2, 0.25) is 0 Å². The van der Waals surface area contributed by atoms with Gasteiger partial charge in [-0.1, -0.05) is 17.7 Å². The highest BCUT2D eigenvalue weighted by molar-refractivity contribution is 6.30. The molecule has 0 heterocycles. The van der Waals surface area contributed by atoms with Crippen LogP contribution in [0.2, 0.25) is 5.02 Å². The number of ether oxygens (including phenoxy) is 2. The fraction of sp³-hybridized carbons (Fsp3) is 0.533. The van der Waals surface area contributed by atoms with Crippen molar-refractivity contribution in [1.82, 2.24) is 10.6 Å². The average molecular weight is 314 g/mol. The van der Waals surface area contributed by atoms with Gasteiger partial charge in [-0.15, -0.1) is 0 Å². The summed E-state index contributed by atoms with van der Waals surface area (Å²) in [4.78, 5) is 4.16. The monoisotopic (exact) mass is 313 g/mol. The highest BCUT2D eigenvalue weighted by atomic mass is 35.5. The van der Waals surface area contributed by atoms with Crippen molar-refractivity contribution >= 4 is 17.6 Å². The van der Waals surface area contributed by atoms with Crippen molar-refractivity contribution in [2.45, 2.75) is 19.4 Å². The quantitative estimate of drug-likeness (QED) is 0.439. The second kappa shape index (κ2) is 10.3. The Bertz CT molecular complexity index is 441. The Kier molecular flexibility index (Phi) is 8.62. The second-order valence-electron chi connectivity index (χ2n) is 4.61. The van der Waals surface area contributed by atoms with Gasteiger partial charge < -0.3 is 20.1 Å². The highest BCUT2D eigenvalue weighted by Gasteiger charge is 2.06. The zero-order valence-electron chi connectivity index (χ0n) is 12.9. The number of guanidine groups is 1. The smallest absolute Gasteiger partial charge is 0.191 e. The predicted molar refractivity (Wildman–Crippen MR) is 87.4 cm³/mol. The van der Waals surface area contributed by atoms with Gasteiger partial charge in [-0.25, -0.2) is 0 Å². The van der Waals surface area contributed by atoms with Crippen molar-refractivity contribution in [2.75, 3.05) is 33.9 Å². The molecule has 0 aliphatic carbocycles. The molecule has 6 heteroatoms. The molecule has 1 aromatic carbocycles. The molecule has 0 saturated heterocycles. The Morgan fingerprint density at radius 3 is 2.86 bits per heavy atom. The fourth-order valence-electron chi connectivity index (χ4n) is 1.70. The zero-order valence-corrected chi connectivity index (χ0v) is 13.6. The number of hydrogen-bond acceptors (Lipinski definition) is 3. The number of nitrogens with one attached hydrogen (secondary N) is 2. The van der Waals surface area contributed by atoms with Gasteiger partial charge >= 0.3 is 0 Å². The number of nitrogens with zero attached hydrogens (tertiary/aromatic N) is 1. The van der Waals surface area contributed by atoms with Crippen LogP contribution >= 0.6 is 11.6 Å². The summed E-state index contributed by atoms with van der Waals surface area (Å²) in [7, 11) is 3.44. The van der Waals surface area contributed by atoms with Crippen LogP contribution in [0.15, 0.2) is 29.3 Å². The van der Waals surface area contributed by atoms with E-state index in [1.807, 2.05) is 25.1 Å². The minimum Gasteiger partial charge on any atom is -0.489 e. The Hall–Kier alpha value is -1.46. The van der Waals surface area contributed by atoms with Gasteiger partial charge in [0.05, 0.1) is 6.54 Å². The van der Waals surface area contributed by atoms with Crippen LogP contribution in [-0.2, 0) is 4.74 Å². The lowest BCUT2D eigenvalue weighted by molar-refractivity contribution is 0.195. The normalized spacial score (nSPS) is 12.9. The molecule has 0 aromatic heterocycles. The number of aliphatic imine (C=N–C) groups is 1. The first-order valence-corrected chi connectivity index (χ1v) is 7.39. The largest absolute Gasteiger partial charge is 0.489 e. The molecule has 0 aliphatic heterocycles. The Labute approximate surface area is 131 Å². The van der Waals surface area contributed by atoms with Crippen LogP contribution in [0.1, 0.15) is 13.3 Å². The van der Waals surface area contributed by atoms with E-state index in [4.69, 9.17) is 21.1 Å². The summed E-state index contributed by atoms with van der Waals surface area (Å²) in [6.45, 7) is 4.19. The third-order valence-electron chi connectivity index (χ3n) is 2.73. The lowest BCUT2D eigenvalue weighted by Crippen LogP contribution is -2.42. The van der Waals surface area contributed by atoms with Crippen molar-refractivity contribution in [3.05, 3.63) is 29.3 Å². The van der Waals surface area contributed by atoms with Crippen molar-refractivity contribution in [2.24, 2.45) is 4.99 Å². The standard InChI is InChI=1S/C15H24ClN3O2/c1-12(21-14-7-4-6-13(16)10-14)11-19-15(17-2)18-8-5-9-20-3/h4,6-7,10,12H,5,8-9,11H2,1-3H3,(H2,17,18,19). The van der Waals surface area contributed by atoms with Gasteiger partial charge in [0.25, 0.3) is 0 Å². The van der Waals surface area contributed by atoms with E-state index < -0.39 is 0 Å². The van der Waals surface area contributed by atoms with Crippen LogP contribution in [0.5, 0.6) is 5.75 Å². The van der Waals surface area contributed by atoms with Crippen molar-refractivity contribution < 1.29 is 9.47 Å². The second-order valence-corrected chi connectivity index (χ2v) is 5.05. The van der Waals surface area contributed by atoms with Crippen LogP contribution in [0, 0.1) is 0 Å². The molecule has 0 aliphatic rings. The summed E-state index contributed by atoms with van der Waals surface area (Å²) in [5, 5.41) is 7.11. The summed E-state index contributed by atoms with van der Waals surface area (Å²) in [6.07, 6.45) is 0.937. The molecule has 0 spiro atoms. The fourth-order valence-corrected chi connectivity index (χ4v) is 1.88. The summed E-state index contributed by atoms with van der Waals surface area (Å²) in [6, 6.07) is 7.38. The molecule has 1 atom stereocenters. The minimum atomic E-state index is 0.000918. The SMILES string of the molecule is CN=C(NCCCOC)NCC(C)Oc1cccc(Cl)c1. The van der Waals surface area contributed by atoms with Crippen molar-refractivity contribution in [3.8, 4) is 5.75 Å². The van der Waals surface area contributed by atoms with E-state index in [1.165, 1.54) is 0 Å². The van der Waals surface area contributed by atoms with Crippen LogP contribution in [0.25, 0.3) is 0 Å². The lowest BCUT2D eigenvalue weighted by Gasteiger charge is -2.17. The van der Waals surface area contributed by atoms with Gasteiger partial charge in [-0.05, 0) is 31.5 Å². The van der Waals surface area contributed by atoms with Crippen LogP contribution in [0.4, 0.5) is 0 Å². The first-order chi connectivity index (χ1) is 10.2. The Balaban J connectivity index is 2.29. The first kappa shape index (κ1) is 17.6. The summed E-state index contributed by atoms with van der Waals surface area (Å²) in [5.41, 5.74) is 0. The van der Waals surface area contributed by atoms with Gasteiger partial charge in [0.15, 0.2) is 5.96 Å². The van der Waals surface area contributed by atoms with E-state index >= 15 is 0 Å². The average Bonchev–Trinajstić information content (AvgIpc) is 2.46. The molecular formula is C15H24ClN3O2. The maximum absolute atomic E-state index is 5.93. The third kappa shape index (κ3) is 7.78. The predicted octanol–water partition coefficient (Wildman–Crippen LogP) is 2.31. The van der Waals surface area contributed by atoms with Crippen LogP contribution in [-0.4, -0.2) is 45.9 Å². The Morgan fingerprint density at radius 1 is 1.38 bits per heavy atom. The number of rotatable bonds is 8. The molecule has 5 nitrogen and oxygen atoms in total. The Morgan fingerprint density at radius 2 is 2.19 bits per heavy atom. The molecule has 2 N–H and O–H groups in total. The molecule has 1 aromatic rings. The first-order valence-electron chi connectivity index (χ1n) is 7.01. The number of benzene rings is 1. The zero-order chi connectivity index (χ0) is 15.5. The minimum absolute atomic E-state index is 0.000918. The molecule has 0 fully saturated rings. The van der Waals surface area contributed by atoms with Gasteiger partial charge in [0.1, 0.15) is 11.9 Å². The molecule has 1 unspecified atom stereocenters. The highest BCUT2D eigenvalue weighted by Crippen LogP contribution is 2.18. The molecule has 0 radical (unpaired) electrons. The molecule has 0 amide bonds. The van der Waals surface area contributed by atoms with Gasteiger partial charge in [-0.2, -0.15) is 0 Å². The molecule has 118 valence electrons. The number of hydrogen-bond donors (Lipinski definition) is 2. The molecular weight excluding hydrogens is 290 g/mol. The topological polar surface area (TPSA) is 54.9 Å². The van der Waals surface area contributed by atoms with Crippen LogP contribution < -0.4 is 15.4 Å². The van der Waals surface area contributed by atoms with Crippen molar-refractivity contribution in [1.29, 1.82) is 0 Å². The van der Waals surface area contributed by atoms with E-state index in [-0.39, 0.29) is 6.10 Å². The van der Waals surface area contributed by atoms with Crippen LogP contribution in [0.3, 0.4) is 0 Å². The third-order valence-corrected chi connectivity index (χ3v) is 2.97. The molecule has 21 heavy (non-hydrogen) atoms. The van der Waals surface area contributed by atoms with E-state index in [0.29, 0.717) is 11.6 Å². The van der Waals surface area contributed by atoms with E-state index in [1.54, 1.807) is 20.2 Å². The van der Waals surface area contributed by atoms with E-state index in [0.717, 1.165) is 31.3 Å².